The van der Waals surface area contributed by atoms with Crippen LogP contribution in [0.3, 0.4) is 0 Å². The Morgan fingerprint density at radius 1 is 1.30 bits per heavy atom. The van der Waals surface area contributed by atoms with E-state index in [0.717, 1.165) is 6.42 Å². The normalized spacial score (nSPS) is 15.8. The van der Waals surface area contributed by atoms with Gasteiger partial charge in [0.1, 0.15) is 6.54 Å². The molecular formula is C13H23N3O4. The lowest BCUT2D eigenvalue weighted by molar-refractivity contribution is -0.143. The summed E-state index contributed by atoms with van der Waals surface area (Å²) < 4.78 is 0. The van der Waals surface area contributed by atoms with Gasteiger partial charge < -0.3 is 20.2 Å². The van der Waals surface area contributed by atoms with Crippen LogP contribution in [-0.4, -0.2) is 66.0 Å². The van der Waals surface area contributed by atoms with E-state index in [4.69, 9.17) is 5.11 Å². The van der Waals surface area contributed by atoms with Crippen LogP contribution in [0.1, 0.15) is 26.2 Å². The van der Waals surface area contributed by atoms with Crippen LogP contribution in [0.15, 0.2) is 0 Å². The molecule has 114 valence electrons. The van der Waals surface area contributed by atoms with Crippen molar-refractivity contribution in [2.45, 2.75) is 26.2 Å². The van der Waals surface area contributed by atoms with E-state index in [0.29, 0.717) is 32.5 Å². The number of hydrogen-bond donors (Lipinski definition) is 2. The van der Waals surface area contributed by atoms with Gasteiger partial charge >= 0.3 is 12.0 Å². The number of piperidine rings is 1. The second-order valence-electron chi connectivity index (χ2n) is 5.09. The molecule has 1 aliphatic rings. The number of amides is 3. The van der Waals surface area contributed by atoms with E-state index in [1.807, 2.05) is 6.92 Å². The molecule has 0 saturated carbocycles. The molecule has 7 heteroatoms. The summed E-state index contributed by atoms with van der Waals surface area (Å²) >= 11 is 0. The number of aliphatic carboxylic acids is 1. The Balaban J connectivity index is 2.38. The number of carboxylic acids is 1. The highest BCUT2D eigenvalue weighted by atomic mass is 16.4. The van der Waals surface area contributed by atoms with E-state index in [1.165, 1.54) is 4.90 Å². The topological polar surface area (TPSA) is 90.0 Å². The number of carboxylic acid groups (broad SMARTS) is 1. The fourth-order valence-electron chi connectivity index (χ4n) is 2.16. The number of nitrogens with one attached hydrogen (secondary N) is 1. The number of hydrogen-bond acceptors (Lipinski definition) is 3. The first-order valence-corrected chi connectivity index (χ1v) is 6.95. The summed E-state index contributed by atoms with van der Waals surface area (Å²) in [6.07, 6.45) is 1.79. The van der Waals surface area contributed by atoms with Crippen molar-refractivity contribution >= 4 is 17.9 Å². The molecule has 1 heterocycles. The second kappa shape index (κ2) is 7.72. The number of urea groups is 1. The number of nitrogens with zero attached hydrogens (tertiary/aromatic N) is 2. The Kier molecular flexibility index (Phi) is 6.27. The van der Waals surface area contributed by atoms with Gasteiger partial charge in [0, 0.05) is 26.7 Å². The summed E-state index contributed by atoms with van der Waals surface area (Å²) in [5, 5.41) is 11.6. The van der Waals surface area contributed by atoms with Crippen molar-refractivity contribution in [3.8, 4) is 0 Å². The molecule has 0 bridgehead atoms. The Bertz CT molecular complexity index is 365. The van der Waals surface area contributed by atoms with E-state index < -0.39 is 5.97 Å². The van der Waals surface area contributed by atoms with Crippen LogP contribution in [0, 0.1) is 5.92 Å². The standard InChI is InChI=1S/C13H23N3O4/c1-3-6-14-11(17)9-15(2)13(20)16-7-4-10(5-8-16)12(18)19/h10H,3-9H2,1-2H3,(H,14,17)(H,18,19). The highest BCUT2D eigenvalue weighted by Crippen LogP contribution is 2.18. The first-order chi connectivity index (χ1) is 9.45. The first kappa shape index (κ1) is 16.3. The highest BCUT2D eigenvalue weighted by Gasteiger charge is 2.28. The molecule has 0 radical (unpaired) electrons. The fourth-order valence-corrected chi connectivity index (χ4v) is 2.16. The Labute approximate surface area is 118 Å². The molecule has 0 aromatic heterocycles. The van der Waals surface area contributed by atoms with Gasteiger partial charge in [0.25, 0.3) is 0 Å². The summed E-state index contributed by atoms with van der Waals surface area (Å²) in [5.41, 5.74) is 0. The SMILES string of the molecule is CCCNC(=O)CN(C)C(=O)N1CCC(C(=O)O)CC1. The molecule has 20 heavy (non-hydrogen) atoms. The Morgan fingerprint density at radius 3 is 2.40 bits per heavy atom. The van der Waals surface area contributed by atoms with Crippen LogP contribution in [0.5, 0.6) is 0 Å². The van der Waals surface area contributed by atoms with Gasteiger partial charge in [0.15, 0.2) is 0 Å². The van der Waals surface area contributed by atoms with E-state index in [-0.39, 0.29) is 24.4 Å². The predicted octanol–water partition coefficient (Wildman–Crippen LogP) is 0.361. The number of carbonyl (C=O) groups excluding carboxylic acids is 2. The van der Waals surface area contributed by atoms with Crippen LogP contribution in [0.25, 0.3) is 0 Å². The van der Waals surface area contributed by atoms with E-state index in [1.54, 1.807) is 11.9 Å². The van der Waals surface area contributed by atoms with Crippen molar-refractivity contribution in [1.29, 1.82) is 0 Å². The molecule has 0 aromatic rings. The molecule has 0 aromatic carbocycles. The maximum absolute atomic E-state index is 12.1. The monoisotopic (exact) mass is 285 g/mol. The van der Waals surface area contributed by atoms with Gasteiger partial charge in [-0.05, 0) is 19.3 Å². The van der Waals surface area contributed by atoms with Gasteiger partial charge in [0.2, 0.25) is 5.91 Å². The van der Waals surface area contributed by atoms with Gasteiger partial charge in [-0.1, -0.05) is 6.92 Å². The van der Waals surface area contributed by atoms with E-state index >= 15 is 0 Å². The van der Waals surface area contributed by atoms with Gasteiger partial charge in [0.05, 0.1) is 5.92 Å². The molecule has 7 nitrogen and oxygen atoms in total. The Morgan fingerprint density at radius 2 is 1.90 bits per heavy atom. The summed E-state index contributed by atoms with van der Waals surface area (Å²) in [4.78, 5) is 37.5. The lowest BCUT2D eigenvalue weighted by atomic mass is 9.97. The minimum atomic E-state index is -0.801. The van der Waals surface area contributed by atoms with Crippen LogP contribution in [-0.2, 0) is 9.59 Å². The van der Waals surface area contributed by atoms with Crippen molar-refractivity contribution in [2.75, 3.05) is 33.2 Å². The summed E-state index contributed by atoms with van der Waals surface area (Å²) in [6.45, 7) is 3.44. The molecular weight excluding hydrogens is 262 g/mol. The van der Waals surface area contributed by atoms with Gasteiger partial charge in [-0.25, -0.2) is 4.79 Å². The lowest BCUT2D eigenvalue weighted by Gasteiger charge is -2.33. The number of carbonyl (C=O) groups is 3. The Hall–Kier alpha value is -1.79. The zero-order chi connectivity index (χ0) is 15.1. The molecule has 1 rings (SSSR count). The molecule has 1 fully saturated rings. The maximum atomic E-state index is 12.1. The molecule has 1 saturated heterocycles. The molecule has 0 unspecified atom stereocenters. The molecule has 0 atom stereocenters. The van der Waals surface area contributed by atoms with Crippen molar-refractivity contribution in [2.24, 2.45) is 5.92 Å². The third-order valence-electron chi connectivity index (χ3n) is 3.39. The van der Waals surface area contributed by atoms with Crippen molar-refractivity contribution in [1.82, 2.24) is 15.1 Å². The first-order valence-electron chi connectivity index (χ1n) is 6.95. The van der Waals surface area contributed by atoms with Gasteiger partial charge in [-0.3, -0.25) is 9.59 Å². The van der Waals surface area contributed by atoms with Crippen molar-refractivity contribution in [3.63, 3.8) is 0 Å². The zero-order valence-corrected chi connectivity index (χ0v) is 12.1. The zero-order valence-electron chi connectivity index (χ0n) is 12.1. The average molecular weight is 285 g/mol. The number of rotatable bonds is 5. The van der Waals surface area contributed by atoms with Gasteiger partial charge in [-0.15, -0.1) is 0 Å². The minimum absolute atomic E-state index is 0.0255. The molecule has 0 aliphatic carbocycles. The summed E-state index contributed by atoms with van der Waals surface area (Å²) in [6, 6.07) is -0.222. The van der Waals surface area contributed by atoms with E-state index in [2.05, 4.69) is 5.32 Å². The summed E-state index contributed by atoms with van der Waals surface area (Å²) in [5.74, 6) is -1.34. The predicted molar refractivity (Wildman–Crippen MR) is 73.3 cm³/mol. The lowest BCUT2D eigenvalue weighted by Crippen LogP contribution is -2.48. The average Bonchev–Trinajstić information content (AvgIpc) is 2.44. The largest absolute Gasteiger partial charge is 0.481 e. The second-order valence-corrected chi connectivity index (χ2v) is 5.09. The van der Waals surface area contributed by atoms with Gasteiger partial charge in [-0.2, -0.15) is 0 Å². The van der Waals surface area contributed by atoms with Crippen molar-refractivity contribution in [3.05, 3.63) is 0 Å². The van der Waals surface area contributed by atoms with Crippen molar-refractivity contribution < 1.29 is 19.5 Å². The van der Waals surface area contributed by atoms with Crippen LogP contribution in [0.2, 0.25) is 0 Å². The quantitative estimate of drug-likeness (QED) is 0.763. The van der Waals surface area contributed by atoms with Crippen LogP contribution in [0.4, 0.5) is 4.79 Å². The van der Waals surface area contributed by atoms with E-state index in [9.17, 15) is 14.4 Å². The third kappa shape index (κ3) is 4.71. The molecule has 1 aliphatic heterocycles. The smallest absolute Gasteiger partial charge is 0.320 e. The minimum Gasteiger partial charge on any atom is -0.481 e. The van der Waals surface area contributed by atoms with Crippen LogP contribution < -0.4 is 5.32 Å². The summed E-state index contributed by atoms with van der Waals surface area (Å²) in [7, 11) is 1.58. The molecule has 0 spiro atoms. The number of likely N-dealkylation sites (N-methyl/N-ethyl adjacent to an activating group) is 1. The molecule has 3 amide bonds. The van der Waals surface area contributed by atoms with Crippen LogP contribution >= 0.6 is 0 Å². The number of likely N-dealkylation sites (tertiary alicyclic amines) is 1. The maximum Gasteiger partial charge on any atom is 0.320 e. The fraction of sp³-hybridized carbons (Fsp3) is 0.769. The third-order valence-corrected chi connectivity index (χ3v) is 3.39. The highest BCUT2D eigenvalue weighted by molar-refractivity contribution is 5.84. The molecule has 2 N–H and O–H groups in total.